The average molecular weight is 279 g/mol. The van der Waals surface area contributed by atoms with E-state index in [-0.39, 0.29) is 5.91 Å². The van der Waals surface area contributed by atoms with Crippen molar-refractivity contribution in [3.05, 3.63) is 39.7 Å². The largest absolute Gasteiger partial charge is 0.467 e. The van der Waals surface area contributed by atoms with Gasteiger partial charge in [-0.2, -0.15) is 0 Å². The van der Waals surface area contributed by atoms with Gasteiger partial charge >= 0.3 is 0 Å². The zero-order chi connectivity index (χ0) is 13.7. The van der Waals surface area contributed by atoms with E-state index >= 15 is 0 Å². The molecule has 5 nitrogen and oxygen atoms in total. The fourth-order valence-corrected chi connectivity index (χ4v) is 2.42. The minimum atomic E-state index is -0.144. The maximum absolute atomic E-state index is 11.8. The van der Waals surface area contributed by atoms with Gasteiger partial charge < -0.3 is 15.5 Å². The molecule has 0 aromatic carbocycles. The number of nitrogens with zero attached hydrogens (tertiary/aromatic N) is 1. The average Bonchev–Trinajstić information content (AvgIpc) is 3.07. The molecule has 2 aromatic heterocycles. The number of nitrogens with two attached hydrogens (primary N) is 1. The van der Waals surface area contributed by atoms with Crippen LogP contribution in [0, 0.1) is 0 Å². The zero-order valence-corrected chi connectivity index (χ0v) is 11.6. The van der Waals surface area contributed by atoms with Crippen LogP contribution in [-0.4, -0.2) is 17.4 Å². The molecule has 0 saturated heterocycles. The van der Waals surface area contributed by atoms with Crippen LogP contribution in [0.3, 0.4) is 0 Å². The molecule has 0 atom stereocenters. The van der Waals surface area contributed by atoms with Crippen LogP contribution in [-0.2, 0) is 19.4 Å². The molecule has 0 aliphatic heterocycles. The van der Waals surface area contributed by atoms with Crippen LogP contribution in [0.4, 0.5) is 0 Å². The summed E-state index contributed by atoms with van der Waals surface area (Å²) in [5.74, 6) is 0.464. The molecule has 2 rings (SSSR count). The Bertz CT molecular complexity index is 548. The monoisotopic (exact) mass is 279 g/mol. The summed E-state index contributed by atoms with van der Waals surface area (Å²) in [5, 5.41) is 6.00. The van der Waals surface area contributed by atoms with Crippen molar-refractivity contribution >= 4 is 17.2 Å². The summed E-state index contributed by atoms with van der Waals surface area (Å²) in [6.07, 6.45) is 3.12. The van der Waals surface area contributed by atoms with E-state index in [0.29, 0.717) is 24.4 Å². The number of rotatable bonds is 6. The van der Waals surface area contributed by atoms with Gasteiger partial charge in [-0.1, -0.05) is 6.92 Å². The predicted octanol–water partition coefficient (Wildman–Crippen LogP) is 1.73. The molecule has 0 unspecified atom stereocenters. The molecule has 3 N–H and O–H groups in total. The SMILES string of the molecule is CCc1nc(CCNC(=O)c2coc(CN)c2)cs1. The lowest BCUT2D eigenvalue weighted by Gasteiger charge is -2.01. The molecule has 1 amide bonds. The maximum atomic E-state index is 11.8. The minimum Gasteiger partial charge on any atom is -0.467 e. The van der Waals surface area contributed by atoms with Crippen molar-refractivity contribution in [2.75, 3.05) is 6.54 Å². The molecule has 0 radical (unpaired) electrons. The van der Waals surface area contributed by atoms with Gasteiger partial charge in [0.25, 0.3) is 5.91 Å². The predicted molar refractivity (Wildman–Crippen MR) is 74.1 cm³/mol. The van der Waals surface area contributed by atoms with Crippen LogP contribution >= 0.6 is 11.3 Å². The molecular formula is C13H17N3O2S. The highest BCUT2D eigenvalue weighted by atomic mass is 32.1. The second kappa shape index (κ2) is 6.49. The summed E-state index contributed by atoms with van der Waals surface area (Å²) >= 11 is 1.66. The first-order valence-corrected chi connectivity index (χ1v) is 7.09. The van der Waals surface area contributed by atoms with E-state index in [1.54, 1.807) is 17.4 Å². The number of thiazole rings is 1. The molecule has 2 aromatic rings. The van der Waals surface area contributed by atoms with E-state index in [1.807, 2.05) is 5.38 Å². The first kappa shape index (κ1) is 13.8. The van der Waals surface area contributed by atoms with Crippen LogP contribution in [0.1, 0.15) is 33.7 Å². The Kier molecular flexibility index (Phi) is 4.70. The number of nitrogens with one attached hydrogen (secondary N) is 1. The van der Waals surface area contributed by atoms with E-state index in [4.69, 9.17) is 10.2 Å². The fourth-order valence-electron chi connectivity index (χ4n) is 1.64. The number of aryl methyl sites for hydroxylation is 1. The van der Waals surface area contributed by atoms with Crippen LogP contribution in [0.15, 0.2) is 22.1 Å². The van der Waals surface area contributed by atoms with E-state index < -0.39 is 0 Å². The van der Waals surface area contributed by atoms with Gasteiger partial charge in [0.1, 0.15) is 12.0 Å². The number of furan rings is 1. The van der Waals surface area contributed by atoms with E-state index in [9.17, 15) is 4.79 Å². The fraction of sp³-hybridized carbons (Fsp3) is 0.385. The molecule has 0 spiro atoms. The lowest BCUT2D eigenvalue weighted by atomic mass is 10.2. The molecule has 102 valence electrons. The topological polar surface area (TPSA) is 81.2 Å². The maximum Gasteiger partial charge on any atom is 0.254 e. The lowest BCUT2D eigenvalue weighted by molar-refractivity contribution is 0.0953. The standard InChI is InChI=1S/C13H17N3O2S/c1-2-12-16-10(8-19-12)3-4-15-13(17)9-5-11(6-14)18-7-9/h5,7-8H,2-4,6,14H2,1H3,(H,15,17). The third-order valence-electron chi connectivity index (χ3n) is 2.69. The number of hydrogen-bond donors (Lipinski definition) is 2. The molecule has 0 aliphatic carbocycles. The lowest BCUT2D eigenvalue weighted by Crippen LogP contribution is -2.25. The van der Waals surface area contributed by atoms with Crippen molar-refractivity contribution in [3.63, 3.8) is 0 Å². The molecular weight excluding hydrogens is 262 g/mol. The Balaban J connectivity index is 1.80. The first-order chi connectivity index (χ1) is 9.22. The summed E-state index contributed by atoms with van der Waals surface area (Å²) in [4.78, 5) is 16.2. The molecule has 0 aliphatic rings. The van der Waals surface area contributed by atoms with Crippen molar-refractivity contribution in [1.29, 1.82) is 0 Å². The molecule has 0 fully saturated rings. The van der Waals surface area contributed by atoms with Gasteiger partial charge in [-0.25, -0.2) is 4.98 Å². The second-order valence-corrected chi connectivity index (χ2v) is 5.04. The van der Waals surface area contributed by atoms with E-state index in [2.05, 4.69) is 17.2 Å². The van der Waals surface area contributed by atoms with E-state index in [1.165, 1.54) is 6.26 Å². The summed E-state index contributed by atoms with van der Waals surface area (Å²) in [6, 6.07) is 1.66. The number of aromatic nitrogens is 1. The van der Waals surface area contributed by atoms with Gasteiger partial charge in [0.05, 0.1) is 22.8 Å². The smallest absolute Gasteiger partial charge is 0.254 e. The number of amides is 1. The number of hydrogen-bond acceptors (Lipinski definition) is 5. The quantitative estimate of drug-likeness (QED) is 0.843. The van der Waals surface area contributed by atoms with Crippen LogP contribution in [0.5, 0.6) is 0 Å². The van der Waals surface area contributed by atoms with Gasteiger partial charge in [0, 0.05) is 18.3 Å². The Labute approximate surface area is 115 Å². The van der Waals surface area contributed by atoms with Crippen molar-refractivity contribution in [2.45, 2.75) is 26.3 Å². The molecule has 0 saturated carbocycles. The molecule has 19 heavy (non-hydrogen) atoms. The highest BCUT2D eigenvalue weighted by Gasteiger charge is 2.09. The number of carbonyl (C=O) groups excluding carboxylic acids is 1. The summed E-state index contributed by atoms with van der Waals surface area (Å²) in [7, 11) is 0. The van der Waals surface area contributed by atoms with Crippen molar-refractivity contribution < 1.29 is 9.21 Å². The Morgan fingerprint density at radius 1 is 1.58 bits per heavy atom. The van der Waals surface area contributed by atoms with Gasteiger partial charge in [0.15, 0.2) is 0 Å². The molecule has 6 heteroatoms. The normalized spacial score (nSPS) is 10.6. The second-order valence-electron chi connectivity index (χ2n) is 4.10. The third kappa shape index (κ3) is 3.65. The minimum absolute atomic E-state index is 0.144. The van der Waals surface area contributed by atoms with Gasteiger partial charge in [-0.05, 0) is 12.5 Å². The molecule has 0 bridgehead atoms. The third-order valence-corrected chi connectivity index (χ3v) is 3.73. The van der Waals surface area contributed by atoms with Gasteiger partial charge in [-0.15, -0.1) is 11.3 Å². The van der Waals surface area contributed by atoms with Gasteiger partial charge in [0.2, 0.25) is 0 Å². The van der Waals surface area contributed by atoms with Crippen molar-refractivity contribution in [1.82, 2.24) is 10.3 Å². The Morgan fingerprint density at radius 2 is 2.42 bits per heavy atom. The zero-order valence-electron chi connectivity index (χ0n) is 10.8. The highest BCUT2D eigenvalue weighted by Crippen LogP contribution is 2.10. The Hall–Kier alpha value is -1.66. The van der Waals surface area contributed by atoms with Crippen molar-refractivity contribution in [3.8, 4) is 0 Å². The molecule has 2 heterocycles. The van der Waals surface area contributed by atoms with Crippen LogP contribution < -0.4 is 11.1 Å². The summed E-state index contributed by atoms with van der Waals surface area (Å²) in [6.45, 7) is 2.94. The summed E-state index contributed by atoms with van der Waals surface area (Å²) < 4.78 is 5.12. The van der Waals surface area contributed by atoms with Gasteiger partial charge in [-0.3, -0.25) is 4.79 Å². The highest BCUT2D eigenvalue weighted by molar-refractivity contribution is 7.09. The van der Waals surface area contributed by atoms with E-state index in [0.717, 1.165) is 23.5 Å². The van der Waals surface area contributed by atoms with Crippen LogP contribution in [0.25, 0.3) is 0 Å². The number of carbonyl (C=O) groups is 1. The first-order valence-electron chi connectivity index (χ1n) is 6.22. The van der Waals surface area contributed by atoms with Crippen molar-refractivity contribution in [2.24, 2.45) is 5.73 Å². The Morgan fingerprint density at radius 3 is 3.05 bits per heavy atom. The van der Waals surface area contributed by atoms with Crippen LogP contribution in [0.2, 0.25) is 0 Å². The summed E-state index contributed by atoms with van der Waals surface area (Å²) in [5.41, 5.74) is 6.95.